The lowest BCUT2D eigenvalue weighted by Crippen LogP contribution is -1.95. The molecule has 0 unspecified atom stereocenters. The summed E-state index contributed by atoms with van der Waals surface area (Å²) >= 11 is 7.92. The van der Waals surface area contributed by atoms with Gasteiger partial charge in [-0.3, -0.25) is 0 Å². The molecular formula is C16H20ClNOS. The van der Waals surface area contributed by atoms with E-state index in [0.29, 0.717) is 17.5 Å². The molecule has 0 aliphatic carbocycles. The summed E-state index contributed by atoms with van der Waals surface area (Å²) in [6.07, 6.45) is 1.05. The summed E-state index contributed by atoms with van der Waals surface area (Å²) in [6.45, 7) is 9.08. The highest BCUT2D eigenvalue weighted by Crippen LogP contribution is 2.34. The molecule has 0 fully saturated rings. The Balaban J connectivity index is 2.43. The fourth-order valence-electron chi connectivity index (χ4n) is 2.12. The molecule has 2 nitrogen and oxygen atoms in total. The Morgan fingerprint density at radius 1 is 1.35 bits per heavy atom. The van der Waals surface area contributed by atoms with Crippen LogP contribution in [-0.2, 0) is 6.42 Å². The summed E-state index contributed by atoms with van der Waals surface area (Å²) < 4.78 is 5.57. The van der Waals surface area contributed by atoms with Gasteiger partial charge in [0.25, 0.3) is 0 Å². The highest BCUT2D eigenvalue weighted by molar-refractivity contribution is 7.12. The van der Waals surface area contributed by atoms with Crippen molar-refractivity contribution in [2.75, 3.05) is 6.61 Å². The largest absolute Gasteiger partial charge is 0.492 e. The zero-order valence-electron chi connectivity index (χ0n) is 12.4. The van der Waals surface area contributed by atoms with Crippen LogP contribution in [0.1, 0.15) is 30.7 Å². The predicted octanol–water partition coefficient (Wildman–Crippen LogP) is 5.37. The number of thiazole rings is 1. The second-order valence-electron chi connectivity index (χ2n) is 5.18. The highest BCUT2D eigenvalue weighted by atomic mass is 35.5. The van der Waals surface area contributed by atoms with Crippen LogP contribution >= 0.6 is 22.9 Å². The molecule has 1 heterocycles. The van der Waals surface area contributed by atoms with Crippen LogP contribution in [0.15, 0.2) is 18.2 Å². The number of ether oxygens (including phenoxy) is 1. The first kappa shape index (κ1) is 15.3. The number of halogens is 1. The zero-order valence-corrected chi connectivity index (χ0v) is 13.9. The van der Waals surface area contributed by atoms with E-state index in [1.165, 1.54) is 4.88 Å². The van der Waals surface area contributed by atoms with E-state index in [4.69, 9.17) is 16.3 Å². The van der Waals surface area contributed by atoms with Crippen molar-refractivity contribution in [1.29, 1.82) is 0 Å². The van der Waals surface area contributed by atoms with E-state index in [0.717, 1.165) is 28.4 Å². The first-order chi connectivity index (χ1) is 9.51. The second kappa shape index (κ2) is 6.59. The molecule has 0 aliphatic rings. The van der Waals surface area contributed by atoms with Gasteiger partial charge in [0.1, 0.15) is 5.75 Å². The minimum atomic E-state index is 0.609. The molecule has 0 N–H and O–H groups in total. The minimum absolute atomic E-state index is 0.609. The van der Waals surface area contributed by atoms with Gasteiger partial charge >= 0.3 is 0 Å². The molecule has 0 saturated heterocycles. The molecule has 1 aromatic heterocycles. The van der Waals surface area contributed by atoms with E-state index < -0.39 is 0 Å². The van der Waals surface area contributed by atoms with Gasteiger partial charge in [-0.15, -0.1) is 11.3 Å². The molecule has 1 aromatic carbocycles. The number of rotatable bonds is 5. The van der Waals surface area contributed by atoms with Crippen molar-refractivity contribution in [3.8, 4) is 17.0 Å². The normalized spacial score (nSPS) is 11.1. The van der Waals surface area contributed by atoms with E-state index in [9.17, 15) is 0 Å². The maximum atomic E-state index is 6.15. The summed E-state index contributed by atoms with van der Waals surface area (Å²) in [7, 11) is 0. The Morgan fingerprint density at radius 3 is 2.75 bits per heavy atom. The van der Waals surface area contributed by atoms with Crippen LogP contribution in [0.2, 0.25) is 5.02 Å². The third-order valence-electron chi connectivity index (χ3n) is 2.90. The van der Waals surface area contributed by atoms with Crippen LogP contribution in [0, 0.1) is 12.8 Å². The van der Waals surface area contributed by atoms with Gasteiger partial charge in [0.2, 0.25) is 0 Å². The molecule has 0 bridgehead atoms. The van der Waals surface area contributed by atoms with Crippen LogP contribution in [0.25, 0.3) is 11.3 Å². The molecular weight excluding hydrogens is 290 g/mol. The van der Waals surface area contributed by atoms with Crippen LogP contribution in [0.4, 0.5) is 0 Å². The lowest BCUT2D eigenvalue weighted by atomic mass is 10.0. The average molecular weight is 310 g/mol. The third-order valence-corrected chi connectivity index (χ3v) is 4.21. The first-order valence-electron chi connectivity index (χ1n) is 6.90. The summed E-state index contributed by atoms with van der Waals surface area (Å²) in [5.41, 5.74) is 2.15. The van der Waals surface area contributed by atoms with Crippen LogP contribution in [-0.4, -0.2) is 11.6 Å². The Kier molecular flexibility index (Phi) is 5.06. The van der Waals surface area contributed by atoms with Crippen molar-refractivity contribution in [3.63, 3.8) is 0 Å². The van der Waals surface area contributed by atoms with Crippen molar-refractivity contribution >= 4 is 22.9 Å². The smallest absolute Gasteiger partial charge is 0.138 e. The molecule has 2 aromatic rings. The fraction of sp³-hybridized carbons (Fsp3) is 0.438. The second-order valence-corrected chi connectivity index (χ2v) is 6.88. The number of aromatic nitrogens is 1. The quantitative estimate of drug-likeness (QED) is 0.741. The molecule has 0 atom stereocenters. The standard InChI is InChI=1S/C16H20ClNOS/c1-5-19-14-9-12(6-7-13(14)17)16-15(8-10(2)3)20-11(4)18-16/h6-7,9-10H,5,8H2,1-4H3. The minimum Gasteiger partial charge on any atom is -0.492 e. The van der Waals surface area contributed by atoms with Crippen LogP contribution < -0.4 is 4.74 Å². The third kappa shape index (κ3) is 3.53. The molecule has 4 heteroatoms. The molecule has 108 valence electrons. The average Bonchev–Trinajstić information content (AvgIpc) is 2.72. The van der Waals surface area contributed by atoms with E-state index >= 15 is 0 Å². The highest BCUT2D eigenvalue weighted by Gasteiger charge is 2.14. The number of benzene rings is 1. The van der Waals surface area contributed by atoms with Crippen LogP contribution in [0.5, 0.6) is 5.75 Å². The van der Waals surface area contributed by atoms with Gasteiger partial charge in [-0.05, 0) is 38.3 Å². The molecule has 0 amide bonds. The Hall–Kier alpha value is -1.06. The molecule has 0 aliphatic heterocycles. The molecule has 0 saturated carbocycles. The Labute approximate surface area is 129 Å². The lowest BCUT2D eigenvalue weighted by Gasteiger charge is -2.09. The van der Waals surface area contributed by atoms with Crippen molar-refractivity contribution in [2.24, 2.45) is 5.92 Å². The molecule has 0 spiro atoms. The maximum Gasteiger partial charge on any atom is 0.138 e. The molecule has 0 radical (unpaired) electrons. The van der Waals surface area contributed by atoms with Gasteiger partial charge in [0.15, 0.2) is 0 Å². The number of aryl methyl sites for hydroxylation is 1. The monoisotopic (exact) mass is 309 g/mol. The predicted molar refractivity (Wildman–Crippen MR) is 87.0 cm³/mol. The number of nitrogens with zero attached hydrogens (tertiary/aromatic N) is 1. The lowest BCUT2D eigenvalue weighted by molar-refractivity contribution is 0.340. The van der Waals surface area contributed by atoms with Gasteiger partial charge in [-0.25, -0.2) is 4.98 Å². The van der Waals surface area contributed by atoms with E-state index in [1.807, 2.05) is 25.1 Å². The van der Waals surface area contributed by atoms with E-state index in [2.05, 4.69) is 25.8 Å². The number of hydrogen-bond donors (Lipinski definition) is 0. The van der Waals surface area contributed by atoms with Gasteiger partial charge < -0.3 is 4.74 Å². The van der Waals surface area contributed by atoms with Gasteiger partial charge in [0.05, 0.1) is 22.3 Å². The number of hydrogen-bond acceptors (Lipinski definition) is 3. The van der Waals surface area contributed by atoms with E-state index in [1.54, 1.807) is 11.3 Å². The SMILES string of the molecule is CCOc1cc(-c2nc(C)sc2CC(C)C)ccc1Cl. The van der Waals surface area contributed by atoms with Crippen molar-refractivity contribution in [1.82, 2.24) is 4.98 Å². The molecule has 20 heavy (non-hydrogen) atoms. The van der Waals surface area contributed by atoms with Crippen molar-refractivity contribution < 1.29 is 4.74 Å². The topological polar surface area (TPSA) is 22.1 Å². The van der Waals surface area contributed by atoms with Gasteiger partial charge in [-0.1, -0.05) is 31.5 Å². The summed E-state index contributed by atoms with van der Waals surface area (Å²) in [5, 5.41) is 1.75. The summed E-state index contributed by atoms with van der Waals surface area (Å²) in [6, 6.07) is 5.89. The first-order valence-corrected chi connectivity index (χ1v) is 8.09. The summed E-state index contributed by atoms with van der Waals surface area (Å²) in [4.78, 5) is 6.02. The van der Waals surface area contributed by atoms with Crippen LogP contribution in [0.3, 0.4) is 0 Å². The Morgan fingerprint density at radius 2 is 2.10 bits per heavy atom. The Bertz CT molecular complexity index is 592. The van der Waals surface area contributed by atoms with E-state index in [-0.39, 0.29) is 0 Å². The van der Waals surface area contributed by atoms with Crippen molar-refractivity contribution in [3.05, 3.63) is 33.1 Å². The zero-order chi connectivity index (χ0) is 14.7. The van der Waals surface area contributed by atoms with Crippen molar-refractivity contribution in [2.45, 2.75) is 34.1 Å². The summed E-state index contributed by atoms with van der Waals surface area (Å²) in [5.74, 6) is 1.35. The fourth-order valence-corrected chi connectivity index (χ4v) is 3.46. The van der Waals surface area contributed by atoms with Gasteiger partial charge in [-0.2, -0.15) is 0 Å². The maximum absolute atomic E-state index is 6.15. The van der Waals surface area contributed by atoms with Gasteiger partial charge in [0, 0.05) is 10.4 Å². The molecule has 2 rings (SSSR count).